The third kappa shape index (κ3) is 4.99. The summed E-state index contributed by atoms with van der Waals surface area (Å²) in [6.07, 6.45) is 7.28. The number of methoxy groups -OCH3 is 1. The van der Waals surface area contributed by atoms with Crippen molar-refractivity contribution >= 4 is 39.1 Å². The highest BCUT2D eigenvalue weighted by molar-refractivity contribution is 7.98. The zero-order chi connectivity index (χ0) is 24.9. The number of esters is 1. The number of unbranched alkanes of at least 4 members (excludes halogenated alkanes) is 2. The Balaban J connectivity index is 2.35. The first kappa shape index (κ1) is 26.6. The predicted molar refractivity (Wildman–Crippen MR) is 140 cm³/mol. The van der Waals surface area contributed by atoms with Gasteiger partial charge in [-0.15, -0.1) is 11.8 Å². The Morgan fingerprint density at radius 3 is 2.24 bits per heavy atom. The van der Waals surface area contributed by atoms with Crippen LogP contribution in [0.4, 0.5) is 11.4 Å². The summed E-state index contributed by atoms with van der Waals surface area (Å²) in [5, 5.41) is 0. The van der Waals surface area contributed by atoms with Gasteiger partial charge in [0.15, 0.2) is 0 Å². The molecule has 0 fully saturated rings. The number of hydrogen-bond donors (Lipinski definition) is 0. The van der Waals surface area contributed by atoms with E-state index in [4.69, 9.17) is 4.74 Å². The largest absolute Gasteiger partial charge is 0.465 e. The van der Waals surface area contributed by atoms with Crippen molar-refractivity contribution < 1.29 is 17.9 Å². The van der Waals surface area contributed by atoms with E-state index in [0.29, 0.717) is 17.1 Å². The number of nitrogens with zero attached hydrogens (tertiary/aromatic N) is 2. The zero-order valence-corrected chi connectivity index (χ0v) is 22.5. The van der Waals surface area contributed by atoms with E-state index < -0.39 is 21.5 Å². The minimum absolute atomic E-state index is 0.145. The fourth-order valence-corrected chi connectivity index (χ4v) is 7.07. The molecule has 6 nitrogen and oxygen atoms in total. The van der Waals surface area contributed by atoms with Crippen LogP contribution in [0.2, 0.25) is 0 Å². The van der Waals surface area contributed by atoms with Crippen LogP contribution < -0.4 is 4.90 Å². The zero-order valence-electron chi connectivity index (χ0n) is 20.8. The van der Waals surface area contributed by atoms with Crippen LogP contribution >= 0.6 is 11.8 Å². The van der Waals surface area contributed by atoms with E-state index in [-0.39, 0.29) is 10.5 Å². The molecule has 0 atom stereocenters. The molecule has 0 aromatic heterocycles. The molecule has 8 heteroatoms. The van der Waals surface area contributed by atoms with Gasteiger partial charge in [0.1, 0.15) is 4.90 Å². The van der Waals surface area contributed by atoms with E-state index in [0.717, 1.165) is 44.2 Å². The SMILES string of the molecule is CCCCC1(CCCC)CN(c2ccccc2)c2cc(SC)c(C(=O)OC)cc2S(=O)(=O)N1C. The van der Waals surface area contributed by atoms with E-state index >= 15 is 0 Å². The van der Waals surface area contributed by atoms with Gasteiger partial charge < -0.3 is 9.64 Å². The van der Waals surface area contributed by atoms with Gasteiger partial charge in [-0.3, -0.25) is 0 Å². The van der Waals surface area contributed by atoms with Crippen LogP contribution in [0.5, 0.6) is 0 Å². The number of para-hydroxylation sites is 1. The van der Waals surface area contributed by atoms with Crippen molar-refractivity contribution in [1.29, 1.82) is 0 Å². The third-order valence-corrected chi connectivity index (χ3v) is 9.56. The number of ether oxygens (including phenoxy) is 1. The molecule has 0 N–H and O–H groups in total. The number of rotatable bonds is 9. The summed E-state index contributed by atoms with van der Waals surface area (Å²) < 4.78 is 34.9. The van der Waals surface area contributed by atoms with Gasteiger partial charge in [0, 0.05) is 24.2 Å². The maximum absolute atomic E-state index is 14.1. The molecule has 0 radical (unpaired) electrons. The molecular formula is C26H36N2O4S2. The van der Waals surface area contributed by atoms with Gasteiger partial charge >= 0.3 is 5.97 Å². The molecule has 1 heterocycles. The van der Waals surface area contributed by atoms with Crippen molar-refractivity contribution in [1.82, 2.24) is 4.31 Å². The summed E-state index contributed by atoms with van der Waals surface area (Å²) in [5.41, 5.74) is 1.24. The number of benzene rings is 2. The number of fused-ring (bicyclic) bond motifs is 1. The highest BCUT2D eigenvalue weighted by Gasteiger charge is 2.47. The number of hydrogen-bond acceptors (Lipinski definition) is 6. The van der Waals surface area contributed by atoms with Crippen LogP contribution in [0.15, 0.2) is 52.3 Å². The average molecular weight is 505 g/mol. The number of carbonyl (C=O) groups excluding carboxylic acids is 1. The van der Waals surface area contributed by atoms with Crippen molar-refractivity contribution in [2.45, 2.75) is 67.7 Å². The maximum atomic E-state index is 14.1. The predicted octanol–water partition coefficient (Wildman–Crippen LogP) is 6.09. The molecule has 0 saturated carbocycles. The number of carbonyl (C=O) groups is 1. The van der Waals surface area contributed by atoms with E-state index in [1.54, 1.807) is 11.4 Å². The van der Waals surface area contributed by atoms with Crippen molar-refractivity contribution in [3.63, 3.8) is 0 Å². The fourth-order valence-electron chi connectivity index (χ4n) is 4.73. The highest BCUT2D eigenvalue weighted by Crippen LogP contribution is 2.45. The molecule has 186 valence electrons. The molecule has 0 spiro atoms. The first-order valence-corrected chi connectivity index (χ1v) is 14.5. The Morgan fingerprint density at radius 2 is 1.71 bits per heavy atom. The molecule has 0 unspecified atom stereocenters. The Bertz CT molecular complexity index is 1100. The average Bonchev–Trinajstić information content (AvgIpc) is 2.93. The second kappa shape index (κ2) is 11.1. The molecule has 0 saturated heterocycles. The Morgan fingerprint density at radius 1 is 1.09 bits per heavy atom. The second-order valence-electron chi connectivity index (χ2n) is 8.84. The molecule has 0 bridgehead atoms. The van der Waals surface area contributed by atoms with E-state index in [9.17, 15) is 13.2 Å². The molecule has 0 aliphatic carbocycles. The van der Waals surface area contributed by atoms with Crippen molar-refractivity contribution in [3.8, 4) is 0 Å². The summed E-state index contributed by atoms with van der Waals surface area (Å²) in [6.45, 7) is 4.82. The Hall–Kier alpha value is -2.03. The Kier molecular flexibility index (Phi) is 8.71. The number of thioether (sulfide) groups is 1. The lowest BCUT2D eigenvalue weighted by atomic mass is 9.86. The smallest absolute Gasteiger partial charge is 0.339 e. The number of anilines is 2. The van der Waals surface area contributed by atoms with Crippen LogP contribution in [-0.4, -0.2) is 51.2 Å². The van der Waals surface area contributed by atoms with E-state index in [1.165, 1.54) is 24.9 Å². The maximum Gasteiger partial charge on any atom is 0.339 e. The third-order valence-electron chi connectivity index (χ3n) is 6.80. The quantitative estimate of drug-likeness (QED) is 0.304. The fraction of sp³-hybridized carbons (Fsp3) is 0.500. The Labute approximate surface area is 208 Å². The standard InChI is InChI=1S/C26H36N2O4S2/c1-6-8-15-26(16-9-7-2)19-28(20-13-11-10-12-14-20)22-18-23(33-5)21(25(29)32-4)17-24(22)34(30,31)27(26)3/h10-14,17-18H,6-9,15-16,19H2,1-5H3. The lowest BCUT2D eigenvalue weighted by molar-refractivity contribution is 0.0596. The van der Waals surface area contributed by atoms with Gasteiger partial charge in [-0.1, -0.05) is 57.7 Å². The van der Waals surface area contributed by atoms with Crippen LogP contribution in [-0.2, 0) is 14.8 Å². The monoisotopic (exact) mass is 504 g/mol. The van der Waals surface area contributed by atoms with Gasteiger partial charge in [-0.2, -0.15) is 4.31 Å². The minimum atomic E-state index is -3.88. The highest BCUT2D eigenvalue weighted by atomic mass is 32.2. The lowest BCUT2D eigenvalue weighted by Crippen LogP contribution is -2.53. The van der Waals surface area contributed by atoms with Gasteiger partial charge in [0.05, 0.1) is 23.9 Å². The number of likely N-dealkylation sites (N-methyl/N-ethyl adjacent to an activating group) is 1. The van der Waals surface area contributed by atoms with Gasteiger partial charge in [0.25, 0.3) is 0 Å². The topological polar surface area (TPSA) is 66.9 Å². The molecule has 1 aliphatic heterocycles. The summed E-state index contributed by atoms with van der Waals surface area (Å²) >= 11 is 1.41. The molecule has 34 heavy (non-hydrogen) atoms. The molecular weight excluding hydrogens is 468 g/mol. The normalized spacial score (nSPS) is 17.1. The van der Waals surface area contributed by atoms with Crippen molar-refractivity contribution in [3.05, 3.63) is 48.0 Å². The summed E-state index contributed by atoms with van der Waals surface area (Å²) in [4.78, 5) is 15.5. The summed E-state index contributed by atoms with van der Waals surface area (Å²) in [6, 6.07) is 13.3. The minimum Gasteiger partial charge on any atom is -0.465 e. The number of sulfonamides is 1. The molecule has 2 aromatic rings. The summed E-state index contributed by atoms with van der Waals surface area (Å²) in [7, 11) is -0.859. The molecule has 1 aliphatic rings. The molecule has 2 aromatic carbocycles. The van der Waals surface area contributed by atoms with E-state index in [2.05, 4.69) is 18.7 Å². The molecule has 3 rings (SSSR count). The van der Waals surface area contributed by atoms with Crippen molar-refractivity contribution in [2.75, 3.05) is 31.9 Å². The first-order valence-electron chi connectivity index (χ1n) is 11.9. The van der Waals surface area contributed by atoms with Gasteiger partial charge in [-0.25, -0.2) is 13.2 Å². The second-order valence-corrected chi connectivity index (χ2v) is 11.6. The van der Waals surface area contributed by atoms with Gasteiger partial charge in [0.2, 0.25) is 10.0 Å². The van der Waals surface area contributed by atoms with Crippen LogP contribution in [0.1, 0.15) is 62.7 Å². The van der Waals surface area contributed by atoms with Crippen LogP contribution in [0.3, 0.4) is 0 Å². The van der Waals surface area contributed by atoms with Crippen LogP contribution in [0, 0.1) is 0 Å². The summed E-state index contributed by atoms with van der Waals surface area (Å²) in [5.74, 6) is -0.538. The molecule has 0 amide bonds. The van der Waals surface area contributed by atoms with Crippen LogP contribution in [0.25, 0.3) is 0 Å². The van der Waals surface area contributed by atoms with Crippen molar-refractivity contribution in [2.24, 2.45) is 0 Å². The van der Waals surface area contributed by atoms with E-state index in [1.807, 2.05) is 42.7 Å². The van der Waals surface area contributed by atoms with Gasteiger partial charge in [-0.05, 0) is 43.4 Å². The first-order chi connectivity index (χ1) is 16.3. The lowest BCUT2D eigenvalue weighted by Gasteiger charge is -2.42.